The van der Waals surface area contributed by atoms with Crippen molar-refractivity contribution in [2.75, 3.05) is 0 Å². The Morgan fingerprint density at radius 3 is 1.87 bits per heavy atom. The third-order valence-corrected chi connectivity index (χ3v) is 9.82. The van der Waals surface area contributed by atoms with Gasteiger partial charge in [-0.1, -0.05) is 145 Å². The fraction of sp³-hybridized carbons (Fsp3) is 0.244. The zero-order chi connectivity index (χ0) is 31.7. The Hall–Kier alpha value is -4.42. The van der Waals surface area contributed by atoms with Crippen molar-refractivity contribution in [3.05, 3.63) is 170 Å². The molecule has 2 aliphatic carbocycles. The molecule has 0 saturated heterocycles. The number of aryl methyl sites for hydroxylation is 1. The quantitative estimate of drug-likeness (QED) is 0.194. The highest BCUT2D eigenvalue weighted by atomic mass is 14.4. The zero-order valence-corrected chi connectivity index (χ0v) is 28.0. The molecule has 1 unspecified atom stereocenters. The van der Waals surface area contributed by atoms with Crippen LogP contribution in [-0.4, -0.2) is 0 Å². The lowest BCUT2D eigenvalue weighted by Crippen LogP contribution is -2.34. The SMILES string of the molecule is CC1=CC(c2c(C(C)(C)C)c(=C(c3ccccc3)c3ccccc3)cc3c2=Cc2cc(C(C)(C)C)ccc2-3)c2cccc(C)c21. The summed E-state index contributed by atoms with van der Waals surface area (Å²) in [5, 5.41) is 2.72. The molecule has 5 aromatic rings. The van der Waals surface area contributed by atoms with Crippen LogP contribution in [0.1, 0.15) is 104 Å². The lowest BCUT2D eigenvalue weighted by molar-refractivity contribution is 0.576. The Labute approximate surface area is 269 Å². The monoisotopic (exact) mass is 584 g/mol. The van der Waals surface area contributed by atoms with E-state index >= 15 is 0 Å². The second-order valence-electron chi connectivity index (χ2n) is 15.1. The third kappa shape index (κ3) is 4.92. The van der Waals surface area contributed by atoms with Gasteiger partial charge in [-0.05, 0) is 120 Å². The molecule has 0 fully saturated rings. The van der Waals surface area contributed by atoms with Gasteiger partial charge < -0.3 is 0 Å². The van der Waals surface area contributed by atoms with Crippen LogP contribution in [0, 0.1) is 6.92 Å². The maximum Gasteiger partial charge on any atom is 0.0290 e. The molecule has 0 spiro atoms. The van der Waals surface area contributed by atoms with Crippen LogP contribution in [0.2, 0.25) is 0 Å². The summed E-state index contributed by atoms with van der Waals surface area (Å²) in [6, 6.07) is 38.6. The normalized spacial score (nSPS) is 15.2. The fourth-order valence-electron chi connectivity index (χ4n) is 7.81. The molecule has 224 valence electrons. The van der Waals surface area contributed by atoms with Gasteiger partial charge in [0.1, 0.15) is 0 Å². The highest BCUT2D eigenvalue weighted by Gasteiger charge is 2.33. The molecule has 0 radical (unpaired) electrons. The van der Waals surface area contributed by atoms with Gasteiger partial charge in [0.15, 0.2) is 0 Å². The van der Waals surface area contributed by atoms with E-state index in [0.717, 1.165) is 0 Å². The standard InChI is InChI=1S/C45H44/c1-28-16-15-21-35-37(24-29(2)40(28)35)42-38-26-32-25-33(44(3,4)5)22-23-34(32)36(38)27-39(43(42)45(6,7)8)41(30-17-11-9-12-18-30)31-19-13-10-14-20-31/h9-27,37H,1-8H3. The number of hydrogen-bond donors (Lipinski definition) is 0. The molecule has 7 rings (SSSR count). The van der Waals surface area contributed by atoms with Crippen molar-refractivity contribution in [1.82, 2.24) is 0 Å². The molecule has 0 heterocycles. The number of benzene rings is 5. The Bertz CT molecular complexity index is 2070. The Kier molecular flexibility index (Phi) is 6.90. The summed E-state index contributed by atoms with van der Waals surface area (Å²) in [7, 11) is 0. The van der Waals surface area contributed by atoms with Crippen LogP contribution < -0.4 is 10.4 Å². The molecule has 0 heteroatoms. The van der Waals surface area contributed by atoms with Gasteiger partial charge >= 0.3 is 0 Å². The lowest BCUT2D eigenvalue weighted by atomic mass is 9.74. The molecule has 0 aromatic heterocycles. The van der Waals surface area contributed by atoms with Gasteiger partial charge in [-0.3, -0.25) is 0 Å². The first-order valence-corrected chi connectivity index (χ1v) is 16.4. The first-order valence-electron chi connectivity index (χ1n) is 16.4. The molecule has 5 aromatic carbocycles. The molecule has 0 bridgehead atoms. The van der Waals surface area contributed by atoms with Crippen molar-refractivity contribution in [3.63, 3.8) is 0 Å². The van der Waals surface area contributed by atoms with E-state index in [1.807, 2.05) is 0 Å². The zero-order valence-electron chi connectivity index (χ0n) is 28.0. The molecular formula is C45H44. The van der Waals surface area contributed by atoms with Gasteiger partial charge in [-0.15, -0.1) is 0 Å². The van der Waals surface area contributed by atoms with Gasteiger partial charge in [0.2, 0.25) is 0 Å². The van der Waals surface area contributed by atoms with E-state index in [4.69, 9.17) is 0 Å². The minimum atomic E-state index is -0.109. The smallest absolute Gasteiger partial charge is 0.0290 e. The number of allylic oxidation sites excluding steroid dienone is 2. The van der Waals surface area contributed by atoms with Crippen LogP contribution in [0.3, 0.4) is 0 Å². The maximum absolute atomic E-state index is 2.54. The first-order chi connectivity index (χ1) is 21.4. The summed E-state index contributed by atoms with van der Waals surface area (Å²) in [4.78, 5) is 0. The molecular weight excluding hydrogens is 540 g/mol. The van der Waals surface area contributed by atoms with E-state index in [2.05, 4.69) is 171 Å². The van der Waals surface area contributed by atoms with Crippen LogP contribution in [-0.2, 0) is 10.8 Å². The van der Waals surface area contributed by atoms with E-state index < -0.39 is 0 Å². The third-order valence-electron chi connectivity index (χ3n) is 9.82. The molecule has 0 N–H and O–H groups in total. The average molecular weight is 585 g/mol. The molecule has 0 aliphatic heterocycles. The first kappa shape index (κ1) is 29.3. The molecule has 2 aliphatic rings. The summed E-state index contributed by atoms with van der Waals surface area (Å²) in [6.45, 7) is 18.7. The van der Waals surface area contributed by atoms with Crippen LogP contribution in [0.15, 0.2) is 109 Å². The second kappa shape index (κ2) is 10.6. The topological polar surface area (TPSA) is 0 Å². The van der Waals surface area contributed by atoms with Gasteiger partial charge in [0.05, 0.1) is 0 Å². The summed E-state index contributed by atoms with van der Waals surface area (Å²) >= 11 is 0. The Morgan fingerprint density at radius 1 is 0.622 bits per heavy atom. The molecule has 0 nitrogen and oxygen atoms in total. The molecule has 45 heavy (non-hydrogen) atoms. The number of fused-ring (bicyclic) bond motifs is 4. The van der Waals surface area contributed by atoms with E-state index in [1.165, 1.54) is 82.8 Å². The summed E-state index contributed by atoms with van der Waals surface area (Å²) in [5.41, 5.74) is 17.7. The van der Waals surface area contributed by atoms with E-state index in [-0.39, 0.29) is 16.7 Å². The van der Waals surface area contributed by atoms with Crippen molar-refractivity contribution in [2.24, 2.45) is 0 Å². The predicted octanol–water partition coefficient (Wildman–Crippen LogP) is 10.2. The highest BCUT2D eigenvalue weighted by Crippen LogP contribution is 2.44. The highest BCUT2D eigenvalue weighted by molar-refractivity contribution is 5.89. The van der Waals surface area contributed by atoms with Crippen LogP contribution >= 0.6 is 0 Å². The van der Waals surface area contributed by atoms with Gasteiger partial charge in [0.25, 0.3) is 0 Å². The van der Waals surface area contributed by atoms with Gasteiger partial charge in [0, 0.05) is 5.92 Å². The Balaban J connectivity index is 1.70. The van der Waals surface area contributed by atoms with Crippen molar-refractivity contribution in [2.45, 2.75) is 72.1 Å². The average Bonchev–Trinajstić information content (AvgIpc) is 3.54. The van der Waals surface area contributed by atoms with Crippen LogP contribution in [0.5, 0.6) is 0 Å². The largest absolute Gasteiger partial charge is 0.0690 e. The van der Waals surface area contributed by atoms with Gasteiger partial charge in [-0.2, -0.15) is 0 Å². The lowest BCUT2D eigenvalue weighted by Gasteiger charge is -2.29. The van der Waals surface area contributed by atoms with E-state index in [0.29, 0.717) is 0 Å². The molecule has 0 saturated carbocycles. The Morgan fingerprint density at radius 2 is 1.27 bits per heavy atom. The summed E-state index contributed by atoms with van der Waals surface area (Å²) in [5.74, 6) is 0.184. The molecule has 1 atom stereocenters. The van der Waals surface area contributed by atoms with Crippen LogP contribution in [0.25, 0.3) is 28.3 Å². The van der Waals surface area contributed by atoms with Crippen molar-refractivity contribution in [3.8, 4) is 11.1 Å². The molecule has 0 amide bonds. The summed E-state index contributed by atoms with van der Waals surface area (Å²) in [6.07, 6.45) is 5.03. The predicted molar refractivity (Wildman–Crippen MR) is 193 cm³/mol. The second-order valence-corrected chi connectivity index (χ2v) is 15.1. The minimum absolute atomic E-state index is 0.0888. The number of hydrogen-bond acceptors (Lipinski definition) is 0. The van der Waals surface area contributed by atoms with Crippen LogP contribution in [0.4, 0.5) is 0 Å². The van der Waals surface area contributed by atoms with Crippen molar-refractivity contribution < 1.29 is 0 Å². The fourth-order valence-corrected chi connectivity index (χ4v) is 7.81. The minimum Gasteiger partial charge on any atom is -0.0690 e. The van der Waals surface area contributed by atoms with E-state index in [1.54, 1.807) is 0 Å². The van der Waals surface area contributed by atoms with Crippen molar-refractivity contribution in [1.29, 1.82) is 0 Å². The maximum atomic E-state index is 2.54. The summed E-state index contributed by atoms with van der Waals surface area (Å²) < 4.78 is 0. The number of rotatable bonds is 3. The van der Waals surface area contributed by atoms with Crippen molar-refractivity contribution >= 4 is 17.2 Å². The van der Waals surface area contributed by atoms with E-state index in [9.17, 15) is 0 Å². The van der Waals surface area contributed by atoms with Gasteiger partial charge in [-0.25, -0.2) is 0 Å².